The van der Waals surface area contributed by atoms with Gasteiger partial charge < -0.3 is 21.1 Å². The van der Waals surface area contributed by atoms with Crippen LogP contribution in [0.5, 0.6) is 0 Å². The van der Waals surface area contributed by atoms with Gasteiger partial charge in [-0.1, -0.05) is 35.3 Å². The van der Waals surface area contributed by atoms with Crippen LogP contribution in [0.15, 0.2) is 46.2 Å². The van der Waals surface area contributed by atoms with Crippen molar-refractivity contribution in [1.82, 2.24) is 4.98 Å². The number of nitrogens with zero attached hydrogens (tertiary/aromatic N) is 1. The van der Waals surface area contributed by atoms with E-state index >= 15 is 0 Å². The molecule has 1 aliphatic carbocycles. The Labute approximate surface area is 203 Å². The third kappa shape index (κ3) is 4.90. The number of aliphatic carboxylic acids is 1. The van der Waals surface area contributed by atoms with Gasteiger partial charge in [-0.3, -0.25) is 19.4 Å². The molecule has 1 aliphatic rings. The van der Waals surface area contributed by atoms with E-state index in [4.69, 9.17) is 23.2 Å². The molecule has 4 rings (SSSR count). The fourth-order valence-electron chi connectivity index (χ4n) is 3.54. The SMILES string of the molecule is O=C(Nc1c(Cl)cncc1Cl)c1ccc(C[C@H](Nc2c(NC3CCC3)c(=O)c2=O)C(=O)O)cc1. The molecule has 0 radical (unpaired) electrons. The predicted octanol–water partition coefficient (Wildman–Crippen LogP) is 3.31. The molecular formula is C23H20Cl2N4O5. The van der Waals surface area contributed by atoms with Gasteiger partial charge in [0.1, 0.15) is 17.4 Å². The molecule has 0 spiro atoms. The molecule has 1 fully saturated rings. The number of anilines is 3. The highest BCUT2D eigenvalue weighted by atomic mass is 35.5. The minimum atomic E-state index is -1.17. The van der Waals surface area contributed by atoms with Crippen molar-refractivity contribution in [3.8, 4) is 0 Å². The zero-order chi connectivity index (χ0) is 24.4. The first-order valence-electron chi connectivity index (χ1n) is 10.5. The maximum absolute atomic E-state index is 12.5. The average molecular weight is 503 g/mol. The first kappa shape index (κ1) is 23.7. The third-order valence-electron chi connectivity index (χ3n) is 5.73. The summed E-state index contributed by atoms with van der Waals surface area (Å²) in [6, 6.07) is 5.28. The van der Waals surface area contributed by atoms with Gasteiger partial charge in [-0.25, -0.2) is 4.79 Å². The Morgan fingerprint density at radius 2 is 1.62 bits per heavy atom. The smallest absolute Gasteiger partial charge is 0.326 e. The Hall–Kier alpha value is -3.43. The van der Waals surface area contributed by atoms with E-state index in [1.54, 1.807) is 12.1 Å². The highest BCUT2D eigenvalue weighted by molar-refractivity contribution is 6.39. The number of amides is 1. The number of nitrogens with one attached hydrogen (secondary N) is 3. The lowest BCUT2D eigenvalue weighted by Crippen LogP contribution is -2.44. The van der Waals surface area contributed by atoms with E-state index in [0.29, 0.717) is 11.1 Å². The highest BCUT2D eigenvalue weighted by Gasteiger charge is 2.29. The minimum absolute atomic E-state index is 0.00593. The molecule has 3 aromatic rings. The van der Waals surface area contributed by atoms with Crippen LogP contribution in [-0.4, -0.2) is 34.1 Å². The van der Waals surface area contributed by atoms with Gasteiger partial charge in [-0.2, -0.15) is 0 Å². The van der Waals surface area contributed by atoms with E-state index in [0.717, 1.165) is 19.3 Å². The first-order chi connectivity index (χ1) is 16.2. The fraction of sp³-hybridized carbons (Fsp3) is 0.261. The Balaban J connectivity index is 1.44. The number of halogens is 2. The lowest BCUT2D eigenvalue weighted by atomic mass is 9.92. The third-order valence-corrected chi connectivity index (χ3v) is 6.30. The molecule has 176 valence electrons. The summed E-state index contributed by atoms with van der Waals surface area (Å²) in [4.78, 5) is 52.1. The quantitative estimate of drug-likeness (QED) is 0.327. The average Bonchev–Trinajstić information content (AvgIpc) is 2.78. The van der Waals surface area contributed by atoms with Crippen molar-refractivity contribution in [2.75, 3.05) is 16.0 Å². The summed E-state index contributed by atoms with van der Waals surface area (Å²) in [5, 5.41) is 18.4. The van der Waals surface area contributed by atoms with Crippen LogP contribution in [0.25, 0.3) is 0 Å². The molecule has 4 N–H and O–H groups in total. The summed E-state index contributed by atoms with van der Waals surface area (Å²) in [6.07, 6.45) is 5.59. The number of hydrogen-bond donors (Lipinski definition) is 4. The fourth-order valence-corrected chi connectivity index (χ4v) is 4.00. The topological polar surface area (TPSA) is 137 Å². The lowest BCUT2D eigenvalue weighted by molar-refractivity contribution is -0.137. The van der Waals surface area contributed by atoms with E-state index in [9.17, 15) is 24.3 Å². The van der Waals surface area contributed by atoms with Crippen molar-refractivity contribution in [1.29, 1.82) is 0 Å². The van der Waals surface area contributed by atoms with Crippen molar-refractivity contribution in [3.63, 3.8) is 0 Å². The molecular weight excluding hydrogens is 483 g/mol. The Bertz CT molecular complexity index is 1290. The second-order valence-electron chi connectivity index (χ2n) is 8.05. The van der Waals surface area contributed by atoms with Crippen LogP contribution in [0.4, 0.5) is 17.1 Å². The van der Waals surface area contributed by atoms with Gasteiger partial charge in [0.05, 0.1) is 15.7 Å². The number of benzene rings is 1. The number of aromatic nitrogens is 1. The summed E-state index contributed by atoms with van der Waals surface area (Å²) < 4.78 is 0. The predicted molar refractivity (Wildman–Crippen MR) is 130 cm³/mol. The molecule has 0 aliphatic heterocycles. The number of rotatable bonds is 9. The first-order valence-corrected chi connectivity index (χ1v) is 11.3. The van der Waals surface area contributed by atoms with Crippen molar-refractivity contribution >= 4 is 52.1 Å². The van der Waals surface area contributed by atoms with Gasteiger partial charge >= 0.3 is 5.97 Å². The minimum Gasteiger partial charge on any atom is -0.480 e. The van der Waals surface area contributed by atoms with Crippen LogP contribution in [0.3, 0.4) is 0 Å². The molecule has 1 amide bonds. The van der Waals surface area contributed by atoms with E-state index in [2.05, 4.69) is 20.9 Å². The van der Waals surface area contributed by atoms with E-state index in [1.165, 1.54) is 24.5 Å². The summed E-state index contributed by atoms with van der Waals surface area (Å²) in [5.74, 6) is -1.63. The number of carboxylic acids is 1. The molecule has 1 heterocycles. The van der Waals surface area contributed by atoms with Crippen molar-refractivity contribution < 1.29 is 14.7 Å². The van der Waals surface area contributed by atoms with Crippen LogP contribution in [0, 0.1) is 0 Å². The molecule has 0 unspecified atom stereocenters. The number of pyridine rings is 1. The molecule has 34 heavy (non-hydrogen) atoms. The van der Waals surface area contributed by atoms with Gasteiger partial charge in [-0.05, 0) is 37.0 Å². The standard InChI is InChI=1S/C23H20Cl2N4O5/c24-14-9-26-10-15(25)17(14)29-22(32)12-6-4-11(5-7-12)8-16(23(33)34)28-19-18(20(30)21(19)31)27-13-2-1-3-13/h4-7,9-10,13,16,27-28H,1-3,8H2,(H,33,34)(H,26,29,32)/t16-/m0/s1. The normalized spacial score (nSPS) is 14.3. The maximum Gasteiger partial charge on any atom is 0.326 e. The number of carboxylic acid groups (broad SMARTS) is 1. The van der Waals surface area contributed by atoms with Crippen molar-refractivity contribution in [2.24, 2.45) is 0 Å². The van der Waals surface area contributed by atoms with Crippen LogP contribution in [0.1, 0.15) is 35.2 Å². The van der Waals surface area contributed by atoms with E-state index in [1.807, 2.05) is 0 Å². The largest absolute Gasteiger partial charge is 0.480 e. The van der Waals surface area contributed by atoms with Crippen LogP contribution in [-0.2, 0) is 11.2 Å². The molecule has 0 bridgehead atoms. The van der Waals surface area contributed by atoms with E-state index < -0.39 is 28.8 Å². The van der Waals surface area contributed by atoms with Crippen LogP contribution in [0.2, 0.25) is 10.0 Å². The van der Waals surface area contributed by atoms with Gasteiger partial charge in [0.2, 0.25) is 0 Å². The highest BCUT2D eigenvalue weighted by Crippen LogP contribution is 2.29. The van der Waals surface area contributed by atoms with Crippen molar-refractivity contribution in [2.45, 2.75) is 37.8 Å². The Morgan fingerprint density at radius 1 is 1.00 bits per heavy atom. The summed E-state index contributed by atoms with van der Waals surface area (Å²) in [6.45, 7) is 0. The van der Waals surface area contributed by atoms with Crippen LogP contribution >= 0.6 is 23.2 Å². The maximum atomic E-state index is 12.5. The monoisotopic (exact) mass is 502 g/mol. The summed E-state index contributed by atoms with van der Waals surface area (Å²) in [5.41, 5.74) is -0.0443. The molecule has 1 aromatic heterocycles. The summed E-state index contributed by atoms with van der Waals surface area (Å²) >= 11 is 12.0. The number of hydrogen-bond acceptors (Lipinski definition) is 7. The zero-order valence-corrected chi connectivity index (χ0v) is 19.2. The Kier molecular flexibility index (Phi) is 6.85. The number of carbonyl (C=O) groups excluding carboxylic acids is 1. The van der Waals surface area contributed by atoms with Crippen LogP contribution < -0.4 is 26.8 Å². The summed E-state index contributed by atoms with van der Waals surface area (Å²) in [7, 11) is 0. The van der Waals surface area contributed by atoms with Gasteiger partial charge in [0, 0.05) is 30.4 Å². The second kappa shape index (κ2) is 9.82. The molecule has 2 aromatic carbocycles. The molecule has 9 nitrogen and oxygen atoms in total. The zero-order valence-electron chi connectivity index (χ0n) is 17.7. The molecule has 1 atom stereocenters. The molecule has 1 saturated carbocycles. The van der Waals surface area contributed by atoms with Gasteiger partial charge in [-0.15, -0.1) is 0 Å². The van der Waals surface area contributed by atoms with Crippen molar-refractivity contribution in [3.05, 3.63) is 78.3 Å². The lowest BCUT2D eigenvalue weighted by Gasteiger charge is -2.29. The number of carbonyl (C=O) groups is 2. The Morgan fingerprint density at radius 3 is 2.18 bits per heavy atom. The van der Waals surface area contributed by atoms with E-state index in [-0.39, 0.29) is 39.6 Å². The second-order valence-corrected chi connectivity index (χ2v) is 8.86. The molecule has 0 saturated heterocycles. The molecule has 11 heteroatoms. The van der Waals surface area contributed by atoms with Gasteiger partial charge in [0.25, 0.3) is 16.8 Å². The van der Waals surface area contributed by atoms with Gasteiger partial charge in [0.15, 0.2) is 0 Å².